The number of rotatable bonds is 13. The van der Waals surface area contributed by atoms with Gasteiger partial charge in [-0.15, -0.1) is 0 Å². The van der Waals surface area contributed by atoms with Gasteiger partial charge in [0, 0.05) is 39.3 Å². The van der Waals surface area contributed by atoms with Gasteiger partial charge in [0.15, 0.2) is 11.8 Å². The van der Waals surface area contributed by atoms with Gasteiger partial charge in [0.25, 0.3) is 0 Å². The molecule has 8 rings (SSSR count). The van der Waals surface area contributed by atoms with Gasteiger partial charge in [0.2, 0.25) is 11.8 Å². The summed E-state index contributed by atoms with van der Waals surface area (Å²) >= 11 is 0. The third-order valence-corrected chi connectivity index (χ3v) is 11.3. The van der Waals surface area contributed by atoms with Crippen molar-refractivity contribution in [1.29, 1.82) is 0 Å². The van der Waals surface area contributed by atoms with E-state index in [1.54, 1.807) is 13.1 Å². The molecule has 3 saturated heterocycles. The summed E-state index contributed by atoms with van der Waals surface area (Å²) in [5, 5.41) is 22.9. The van der Waals surface area contributed by atoms with Gasteiger partial charge in [-0.1, -0.05) is 78.9 Å². The van der Waals surface area contributed by atoms with Crippen LogP contribution >= 0.6 is 0 Å². The zero-order valence-electron chi connectivity index (χ0n) is 30.0. The Bertz CT molecular complexity index is 1880. The number of esters is 1. The molecule has 0 radical (unpaired) electrons. The van der Waals surface area contributed by atoms with Crippen molar-refractivity contribution < 1.29 is 48.4 Å². The molecule has 3 aromatic rings. The number of likely N-dealkylation sites (N-methyl/N-ethyl adjacent to an activating group) is 1. The second-order valence-electron chi connectivity index (χ2n) is 14.7. The van der Waals surface area contributed by atoms with Crippen LogP contribution in [0.25, 0.3) is 6.08 Å². The Hall–Kier alpha value is -4.63. The Balaban J connectivity index is 1.16. The zero-order chi connectivity index (χ0) is 37.5. The predicted molar refractivity (Wildman–Crippen MR) is 193 cm³/mol. The largest absolute Gasteiger partial charge is 0.499 e. The predicted octanol–water partition coefficient (Wildman–Crippen LogP) is 1.92. The molecule has 1 saturated carbocycles. The van der Waals surface area contributed by atoms with Crippen LogP contribution in [-0.2, 0) is 64.0 Å². The van der Waals surface area contributed by atoms with E-state index >= 15 is 4.79 Å². The summed E-state index contributed by atoms with van der Waals surface area (Å²) in [7, 11) is 1.59. The second kappa shape index (κ2) is 14.9. The highest BCUT2D eigenvalue weighted by Gasteiger charge is 2.77. The highest BCUT2D eigenvalue weighted by molar-refractivity contribution is 5.96. The number of nitrogens with zero attached hydrogens (tertiary/aromatic N) is 2. The van der Waals surface area contributed by atoms with Crippen molar-refractivity contribution in [1.82, 2.24) is 15.3 Å². The Labute approximate surface area is 313 Å². The molecule has 0 aromatic heterocycles. The van der Waals surface area contributed by atoms with E-state index in [4.69, 9.17) is 28.9 Å². The molecule has 4 fully saturated rings. The van der Waals surface area contributed by atoms with Gasteiger partial charge in [-0.2, -0.15) is 5.06 Å². The first kappa shape index (κ1) is 36.4. The summed E-state index contributed by atoms with van der Waals surface area (Å²) in [5.41, 5.74) is 3.21. The minimum atomic E-state index is -1.49. The van der Waals surface area contributed by atoms with E-state index in [1.165, 1.54) is 16.2 Å². The number of hydrogen-bond donors (Lipinski definition) is 3. The van der Waals surface area contributed by atoms with Gasteiger partial charge in [-0.3, -0.25) is 19.2 Å². The quantitative estimate of drug-likeness (QED) is 0.134. The monoisotopic (exact) mass is 739 g/mol. The standard InChI is InChI=1S/C41H45N3O10/c1-43(31(37(47)42-15-16-45)21-26-8-3-2-4-9-26)39(49)41-24-32-33-34(53-40(52-33)22-29-12-5-6-13-30(29)23-40)36(41)54-44(35(41)38(48)51-32)25-28-11-7-10-27(20-28)14-18-50-19-17-46/h2-14,18,20,31-36,45-46H,15-17,19,21-25H2,1H3,(H,42,47). The molecule has 3 aromatic carbocycles. The third kappa shape index (κ3) is 6.48. The fraction of sp³-hybridized carbons (Fsp3) is 0.439. The van der Waals surface area contributed by atoms with E-state index < -0.39 is 65.5 Å². The summed E-state index contributed by atoms with van der Waals surface area (Å²) < 4.78 is 25.1. The van der Waals surface area contributed by atoms with E-state index in [0.717, 1.165) is 27.8 Å². The number of aliphatic hydroxyl groups excluding tert-OH is 2. The normalized spacial score (nSPS) is 28.1. The second-order valence-corrected chi connectivity index (χ2v) is 14.7. The SMILES string of the molecule is CN(C(=O)C12CC3OC(=O)C1N(Cc1cccc(C=COCCO)c1)OC2C1OC2(Cc4ccccc4C2)OC31)C(Cc1ccccc1)C(=O)NCCO. The molecule has 54 heavy (non-hydrogen) atoms. The number of fused-ring (bicyclic) bond motifs is 5. The highest BCUT2D eigenvalue weighted by atomic mass is 16.8. The number of benzene rings is 3. The van der Waals surface area contributed by atoms with Crippen molar-refractivity contribution in [3.05, 3.63) is 113 Å². The molecule has 284 valence electrons. The van der Waals surface area contributed by atoms with Gasteiger partial charge in [-0.05, 0) is 33.9 Å². The van der Waals surface area contributed by atoms with Crippen LogP contribution in [0, 0.1) is 5.41 Å². The van der Waals surface area contributed by atoms with Crippen molar-refractivity contribution in [3.63, 3.8) is 0 Å². The van der Waals surface area contributed by atoms with Crippen LogP contribution in [0.1, 0.15) is 34.2 Å². The maximum atomic E-state index is 15.4. The number of hydrogen-bond acceptors (Lipinski definition) is 11. The number of nitrogens with one attached hydrogen (secondary N) is 1. The van der Waals surface area contributed by atoms with E-state index in [9.17, 15) is 14.7 Å². The van der Waals surface area contributed by atoms with Crippen molar-refractivity contribution in [2.24, 2.45) is 5.41 Å². The Kier molecular flexibility index (Phi) is 10.0. The smallest absolute Gasteiger partial charge is 0.327 e. The molecule has 2 bridgehead atoms. The van der Waals surface area contributed by atoms with Gasteiger partial charge in [-0.25, -0.2) is 0 Å². The summed E-state index contributed by atoms with van der Waals surface area (Å²) in [4.78, 5) is 51.7. The first-order chi connectivity index (χ1) is 26.2. The molecule has 2 amide bonds. The zero-order valence-corrected chi connectivity index (χ0v) is 30.0. The lowest BCUT2D eigenvalue weighted by Gasteiger charge is -2.50. The number of carbonyl (C=O) groups is 3. The van der Waals surface area contributed by atoms with Crippen LogP contribution in [0.2, 0.25) is 0 Å². The van der Waals surface area contributed by atoms with Crippen LogP contribution in [0.4, 0.5) is 0 Å². The van der Waals surface area contributed by atoms with Crippen LogP contribution < -0.4 is 5.32 Å². The molecule has 7 atom stereocenters. The van der Waals surface area contributed by atoms with E-state index in [2.05, 4.69) is 17.4 Å². The first-order valence-electron chi connectivity index (χ1n) is 18.5. The molecule has 5 aliphatic rings. The number of hydroxylamine groups is 2. The van der Waals surface area contributed by atoms with Crippen molar-refractivity contribution >= 4 is 23.9 Å². The maximum Gasteiger partial charge on any atom is 0.327 e. The molecule has 13 heteroatoms. The summed E-state index contributed by atoms with van der Waals surface area (Å²) in [6.07, 6.45) is 1.44. The summed E-state index contributed by atoms with van der Waals surface area (Å²) in [5.74, 6) is -2.47. The average molecular weight is 740 g/mol. The van der Waals surface area contributed by atoms with Crippen LogP contribution in [0.15, 0.2) is 85.1 Å². The van der Waals surface area contributed by atoms with E-state index in [-0.39, 0.29) is 45.8 Å². The lowest BCUT2D eigenvalue weighted by atomic mass is 9.62. The number of carbonyl (C=O) groups excluding carboxylic acids is 3. The minimum absolute atomic E-state index is 0.0229. The minimum Gasteiger partial charge on any atom is -0.499 e. The van der Waals surface area contributed by atoms with E-state index in [0.29, 0.717) is 12.8 Å². The van der Waals surface area contributed by atoms with Crippen LogP contribution in [0.5, 0.6) is 0 Å². The lowest BCUT2D eigenvalue weighted by Crippen LogP contribution is -2.70. The topological polar surface area (TPSA) is 156 Å². The van der Waals surface area contributed by atoms with Crippen LogP contribution in [-0.4, -0.2) is 114 Å². The van der Waals surface area contributed by atoms with Crippen molar-refractivity contribution in [2.45, 2.75) is 74.5 Å². The summed E-state index contributed by atoms with van der Waals surface area (Å²) in [6.45, 7) is -0.0280. The third-order valence-electron chi connectivity index (χ3n) is 11.3. The molecular formula is C41H45N3O10. The first-order valence-corrected chi connectivity index (χ1v) is 18.5. The molecule has 3 N–H and O–H groups in total. The molecule has 3 heterocycles. The Morgan fingerprint density at radius 3 is 2.44 bits per heavy atom. The number of aliphatic hydroxyl groups is 2. The fourth-order valence-corrected chi connectivity index (χ4v) is 8.97. The molecule has 3 aliphatic heterocycles. The Morgan fingerprint density at radius 1 is 0.981 bits per heavy atom. The lowest BCUT2D eigenvalue weighted by molar-refractivity contribution is -0.218. The van der Waals surface area contributed by atoms with Gasteiger partial charge >= 0.3 is 5.97 Å². The van der Waals surface area contributed by atoms with Crippen LogP contribution in [0.3, 0.4) is 0 Å². The van der Waals surface area contributed by atoms with Gasteiger partial charge in [0.1, 0.15) is 42.5 Å². The molecule has 7 unspecified atom stereocenters. The van der Waals surface area contributed by atoms with Gasteiger partial charge in [0.05, 0.1) is 26.0 Å². The molecule has 13 nitrogen and oxygen atoms in total. The number of ether oxygens (including phenoxy) is 4. The molecule has 2 aliphatic carbocycles. The van der Waals surface area contributed by atoms with Crippen molar-refractivity contribution in [2.75, 3.05) is 33.4 Å². The maximum absolute atomic E-state index is 15.4. The van der Waals surface area contributed by atoms with Gasteiger partial charge < -0.3 is 39.4 Å². The fourth-order valence-electron chi connectivity index (χ4n) is 8.97. The molecular weight excluding hydrogens is 694 g/mol. The number of amides is 2. The summed E-state index contributed by atoms with van der Waals surface area (Å²) in [6, 6.07) is 23.0. The van der Waals surface area contributed by atoms with E-state index in [1.807, 2.05) is 66.7 Å². The average Bonchev–Trinajstić information content (AvgIpc) is 3.86. The highest BCUT2D eigenvalue weighted by Crippen LogP contribution is 2.59. The molecule has 1 spiro atoms. The Morgan fingerprint density at radius 2 is 1.70 bits per heavy atom. The van der Waals surface area contributed by atoms with Crippen molar-refractivity contribution in [3.8, 4) is 0 Å².